The van der Waals surface area contributed by atoms with Crippen LogP contribution in [0.15, 0.2) is 12.1 Å². The molecule has 1 aromatic rings. The highest BCUT2D eigenvalue weighted by Crippen LogP contribution is 2.24. The molecule has 0 aliphatic carbocycles. The fourth-order valence-electron chi connectivity index (χ4n) is 1.35. The van der Waals surface area contributed by atoms with Gasteiger partial charge in [0.15, 0.2) is 0 Å². The molecule has 0 fully saturated rings. The molecule has 1 rings (SSSR count). The van der Waals surface area contributed by atoms with Gasteiger partial charge in [-0.25, -0.2) is 0 Å². The van der Waals surface area contributed by atoms with E-state index in [2.05, 4.69) is 5.32 Å². The van der Waals surface area contributed by atoms with Gasteiger partial charge in [0.05, 0.1) is 6.04 Å². The van der Waals surface area contributed by atoms with Gasteiger partial charge < -0.3 is 16.2 Å². The average molecular weight is 222 g/mol. The van der Waals surface area contributed by atoms with E-state index < -0.39 is 6.04 Å². The molecule has 0 aliphatic rings. The Kier molecular flexibility index (Phi) is 3.90. The van der Waals surface area contributed by atoms with E-state index in [9.17, 15) is 9.90 Å². The van der Waals surface area contributed by atoms with E-state index in [1.54, 1.807) is 19.1 Å². The highest BCUT2D eigenvalue weighted by atomic mass is 16.3. The number of nitrogens with two attached hydrogens (primary N) is 1. The van der Waals surface area contributed by atoms with Gasteiger partial charge in [-0.3, -0.25) is 4.79 Å². The summed E-state index contributed by atoms with van der Waals surface area (Å²) < 4.78 is 0. The van der Waals surface area contributed by atoms with E-state index in [-0.39, 0.29) is 11.7 Å². The third-order valence-corrected chi connectivity index (χ3v) is 2.58. The topological polar surface area (TPSA) is 75.4 Å². The first-order chi connectivity index (χ1) is 7.45. The number of phenolic OH excluding ortho intramolecular Hbond substituents is 1. The van der Waals surface area contributed by atoms with Crippen molar-refractivity contribution in [3.05, 3.63) is 23.3 Å². The fraction of sp³-hybridized carbons (Fsp3) is 0.417. The summed E-state index contributed by atoms with van der Waals surface area (Å²) in [6.45, 7) is 5.47. The molecule has 0 unspecified atom stereocenters. The van der Waals surface area contributed by atoms with Gasteiger partial charge in [0.2, 0.25) is 5.91 Å². The number of nitrogens with one attached hydrogen (secondary N) is 1. The Labute approximate surface area is 95.5 Å². The predicted octanol–water partition coefficient (Wildman–Crippen LogP) is 1.68. The van der Waals surface area contributed by atoms with Crippen molar-refractivity contribution in [3.63, 3.8) is 0 Å². The minimum Gasteiger partial charge on any atom is -0.508 e. The van der Waals surface area contributed by atoms with Crippen LogP contribution in [0.5, 0.6) is 5.75 Å². The lowest BCUT2D eigenvalue weighted by Crippen LogP contribution is -2.35. The van der Waals surface area contributed by atoms with Crippen LogP contribution in [-0.4, -0.2) is 17.1 Å². The zero-order valence-electron chi connectivity index (χ0n) is 9.87. The van der Waals surface area contributed by atoms with E-state index in [0.29, 0.717) is 12.1 Å². The Morgan fingerprint density at radius 3 is 2.62 bits per heavy atom. The quantitative estimate of drug-likeness (QED) is 0.681. The maximum absolute atomic E-state index is 11.6. The highest BCUT2D eigenvalue weighted by Gasteiger charge is 2.12. The van der Waals surface area contributed by atoms with Crippen LogP contribution in [0.4, 0.5) is 5.69 Å². The van der Waals surface area contributed by atoms with E-state index in [1.165, 1.54) is 0 Å². The van der Waals surface area contributed by atoms with Gasteiger partial charge in [0.1, 0.15) is 5.75 Å². The Morgan fingerprint density at radius 2 is 2.06 bits per heavy atom. The standard InChI is InChI=1S/C12H18N2O2/c1-4-9(13)12(16)14-10-5-8(3)11(15)6-7(10)2/h5-6,9,15H,4,13H2,1-3H3,(H,14,16)/t9-/m1/s1. The minimum atomic E-state index is -0.492. The van der Waals surface area contributed by atoms with Crippen molar-refractivity contribution in [1.29, 1.82) is 0 Å². The van der Waals surface area contributed by atoms with Crippen molar-refractivity contribution in [2.24, 2.45) is 5.73 Å². The Bertz CT molecular complexity index is 402. The summed E-state index contributed by atoms with van der Waals surface area (Å²) in [4.78, 5) is 11.6. The molecule has 0 saturated heterocycles. The van der Waals surface area contributed by atoms with Crippen molar-refractivity contribution in [2.45, 2.75) is 33.2 Å². The largest absolute Gasteiger partial charge is 0.508 e. The van der Waals surface area contributed by atoms with Crippen LogP contribution in [-0.2, 0) is 4.79 Å². The molecule has 0 radical (unpaired) electrons. The first kappa shape index (κ1) is 12.5. The van der Waals surface area contributed by atoms with Gasteiger partial charge in [-0.1, -0.05) is 6.92 Å². The van der Waals surface area contributed by atoms with Gasteiger partial charge in [0, 0.05) is 5.69 Å². The Morgan fingerprint density at radius 1 is 1.44 bits per heavy atom. The summed E-state index contributed by atoms with van der Waals surface area (Å²) in [5.41, 5.74) is 7.87. The van der Waals surface area contributed by atoms with Crippen molar-refractivity contribution >= 4 is 11.6 Å². The molecule has 4 heteroatoms. The van der Waals surface area contributed by atoms with Crippen LogP contribution in [0, 0.1) is 13.8 Å². The number of hydrogen-bond acceptors (Lipinski definition) is 3. The maximum Gasteiger partial charge on any atom is 0.241 e. The molecule has 0 bridgehead atoms. The lowest BCUT2D eigenvalue weighted by molar-refractivity contribution is -0.117. The van der Waals surface area contributed by atoms with Gasteiger partial charge in [-0.15, -0.1) is 0 Å². The molecule has 1 amide bonds. The van der Waals surface area contributed by atoms with Crippen molar-refractivity contribution < 1.29 is 9.90 Å². The highest BCUT2D eigenvalue weighted by molar-refractivity contribution is 5.95. The number of carbonyl (C=O) groups is 1. The SMILES string of the molecule is CC[C@@H](N)C(=O)Nc1cc(C)c(O)cc1C. The summed E-state index contributed by atoms with van der Waals surface area (Å²) in [6.07, 6.45) is 0.599. The summed E-state index contributed by atoms with van der Waals surface area (Å²) in [5.74, 6) is 0.0333. The molecular weight excluding hydrogens is 204 g/mol. The van der Waals surface area contributed by atoms with E-state index >= 15 is 0 Å². The third kappa shape index (κ3) is 2.73. The van der Waals surface area contributed by atoms with Crippen molar-refractivity contribution in [2.75, 3.05) is 5.32 Å². The summed E-state index contributed by atoms with van der Waals surface area (Å²) in [7, 11) is 0. The van der Waals surface area contributed by atoms with Crippen molar-refractivity contribution in [1.82, 2.24) is 0 Å². The minimum absolute atomic E-state index is 0.198. The van der Waals surface area contributed by atoms with Crippen molar-refractivity contribution in [3.8, 4) is 5.75 Å². The summed E-state index contributed by atoms with van der Waals surface area (Å²) >= 11 is 0. The molecule has 4 N–H and O–H groups in total. The van der Waals surface area contributed by atoms with Crippen LogP contribution in [0.3, 0.4) is 0 Å². The Balaban J connectivity index is 2.90. The van der Waals surface area contributed by atoms with Gasteiger partial charge in [-0.2, -0.15) is 0 Å². The van der Waals surface area contributed by atoms with Crippen LogP contribution >= 0.6 is 0 Å². The summed E-state index contributed by atoms with van der Waals surface area (Å²) in [5, 5.41) is 12.2. The Hall–Kier alpha value is -1.55. The molecule has 1 atom stereocenters. The number of benzene rings is 1. The smallest absolute Gasteiger partial charge is 0.241 e. The number of amides is 1. The number of aryl methyl sites for hydroxylation is 2. The normalized spacial score (nSPS) is 12.2. The zero-order chi connectivity index (χ0) is 12.3. The van der Waals surface area contributed by atoms with Crippen LogP contribution in [0.25, 0.3) is 0 Å². The van der Waals surface area contributed by atoms with Crippen LogP contribution in [0.1, 0.15) is 24.5 Å². The number of aromatic hydroxyl groups is 1. The summed E-state index contributed by atoms with van der Waals surface area (Å²) in [6, 6.07) is 2.88. The second kappa shape index (κ2) is 4.99. The van der Waals surface area contributed by atoms with Gasteiger partial charge in [0.25, 0.3) is 0 Å². The molecule has 0 heterocycles. The number of carbonyl (C=O) groups excluding carboxylic acids is 1. The van der Waals surface area contributed by atoms with Gasteiger partial charge >= 0.3 is 0 Å². The van der Waals surface area contributed by atoms with E-state index in [1.807, 2.05) is 13.8 Å². The average Bonchev–Trinajstić information content (AvgIpc) is 2.24. The predicted molar refractivity (Wildman–Crippen MR) is 64.5 cm³/mol. The van der Waals surface area contributed by atoms with E-state index in [4.69, 9.17) is 5.73 Å². The molecule has 0 aliphatic heterocycles. The molecule has 0 aromatic heterocycles. The van der Waals surface area contributed by atoms with Crippen LogP contribution < -0.4 is 11.1 Å². The molecule has 88 valence electrons. The molecule has 4 nitrogen and oxygen atoms in total. The molecule has 0 saturated carbocycles. The number of rotatable bonds is 3. The molecule has 1 aromatic carbocycles. The first-order valence-corrected chi connectivity index (χ1v) is 5.32. The number of hydrogen-bond donors (Lipinski definition) is 3. The maximum atomic E-state index is 11.6. The lowest BCUT2D eigenvalue weighted by atomic mass is 10.1. The van der Waals surface area contributed by atoms with E-state index in [0.717, 1.165) is 11.1 Å². The van der Waals surface area contributed by atoms with Crippen LogP contribution in [0.2, 0.25) is 0 Å². The van der Waals surface area contributed by atoms with Gasteiger partial charge in [-0.05, 0) is 43.5 Å². The zero-order valence-corrected chi connectivity index (χ0v) is 9.87. The lowest BCUT2D eigenvalue weighted by Gasteiger charge is -2.13. The first-order valence-electron chi connectivity index (χ1n) is 5.32. The molecular formula is C12H18N2O2. The fourth-order valence-corrected chi connectivity index (χ4v) is 1.35. The second-order valence-corrected chi connectivity index (χ2v) is 3.96. The molecule has 16 heavy (non-hydrogen) atoms. The number of phenols is 1. The molecule has 0 spiro atoms. The second-order valence-electron chi connectivity index (χ2n) is 3.96. The number of anilines is 1. The monoisotopic (exact) mass is 222 g/mol. The third-order valence-electron chi connectivity index (χ3n) is 2.58.